The van der Waals surface area contributed by atoms with E-state index >= 15 is 0 Å². The fraction of sp³-hybridized carbons (Fsp3) is 0.353. The van der Waals surface area contributed by atoms with Crippen LogP contribution in [0.4, 0.5) is 0 Å². The molecule has 0 saturated carbocycles. The number of methoxy groups -OCH3 is 1. The van der Waals surface area contributed by atoms with Crippen molar-refractivity contribution in [3.8, 4) is 11.5 Å². The predicted molar refractivity (Wildman–Crippen MR) is 83.5 cm³/mol. The van der Waals surface area contributed by atoms with Crippen LogP contribution in [-0.4, -0.2) is 18.1 Å². The van der Waals surface area contributed by atoms with Crippen LogP contribution < -0.4 is 15.2 Å². The monoisotopic (exact) mass is 286 g/mol. The van der Waals surface area contributed by atoms with Crippen molar-refractivity contribution in [3.63, 3.8) is 0 Å². The van der Waals surface area contributed by atoms with Crippen LogP contribution in [0.15, 0.2) is 42.6 Å². The molecule has 4 nitrogen and oxygen atoms in total. The SMILES string of the molecule is CCC(N)Cc1ccc(OC)cc1OCc1ccccn1. The zero-order valence-corrected chi connectivity index (χ0v) is 12.6. The van der Waals surface area contributed by atoms with Crippen LogP contribution in [0.2, 0.25) is 0 Å². The van der Waals surface area contributed by atoms with E-state index in [0.29, 0.717) is 6.61 Å². The number of hydrogen-bond donors (Lipinski definition) is 1. The molecule has 1 unspecified atom stereocenters. The Bertz CT molecular complexity index is 558. The molecule has 0 saturated heterocycles. The molecule has 1 aromatic heterocycles. The van der Waals surface area contributed by atoms with Gasteiger partial charge >= 0.3 is 0 Å². The van der Waals surface area contributed by atoms with Crippen LogP contribution in [0.25, 0.3) is 0 Å². The van der Waals surface area contributed by atoms with Crippen molar-refractivity contribution in [1.29, 1.82) is 0 Å². The Kier molecular flexibility index (Phi) is 5.58. The Morgan fingerprint density at radius 2 is 2.10 bits per heavy atom. The van der Waals surface area contributed by atoms with E-state index in [1.165, 1.54) is 0 Å². The topological polar surface area (TPSA) is 57.4 Å². The van der Waals surface area contributed by atoms with E-state index in [-0.39, 0.29) is 6.04 Å². The third-order valence-electron chi connectivity index (χ3n) is 3.38. The van der Waals surface area contributed by atoms with Crippen molar-refractivity contribution in [2.45, 2.75) is 32.4 Å². The first-order chi connectivity index (χ1) is 10.2. The zero-order chi connectivity index (χ0) is 15.1. The van der Waals surface area contributed by atoms with E-state index in [0.717, 1.165) is 35.6 Å². The molecular formula is C17H22N2O2. The summed E-state index contributed by atoms with van der Waals surface area (Å²) < 4.78 is 11.2. The molecule has 112 valence electrons. The molecule has 1 heterocycles. The van der Waals surface area contributed by atoms with E-state index < -0.39 is 0 Å². The smallest absolute Gasteiger partial charge is 0.130 e. The van der Waals surface area contributed by atoms with Crippen LogP contribution in [-0.2, 0) is 13.0 Å². The highest BCUT2D eigenvalue weighted by molar-refractivity contribution is 5.41. The molecule has 0 aliphatic rings. The number of aromatic nitrogens is 1. The van der Waals surface area contributed by atoms with E-state index in [1.807, 2.05) is 36.4 Å². The first-order valence-corrected chi connectivity index (χ1v) is 7.18. The van der Waals surface area contributed by atoms with Crippen molar-refractivity contribution in [2.75, 3.05) is 7.11 Å². The number of hydrogen-bond acceptors (Lipinski definition) is 4. The molecule has 21 heavy (non-hydrogen) atoms. The molecule has 4 heteroatoms. The van der Waals surface area contributed by atoms with Crippen LogP contribution in [0, 0.1) is 0 Å². The second kappa shape index (κ2) is 7.64. The third-order valence-corrected chi connectivity index (χ3v) is 3.38. The minimum Gasteiger partial charge on any atom is -0.497 e. The van der Waals surface area contributed by atoms with Gasteiger partial charge in [-0.25, -0.2) is 0 Å². The summed E-state index contributed by atoms with van der Waals surface area (Å²) in [5.74, 6) is 1.59. The third kappa shape index (κ3) is 4.46. The highest BCUT2D eigenvalue weighted by Crippen LogP contribution is 2.26. The van der Waals surface area contributed by atoms with Gasteiger partial charge in [-0.3, -0.25) is 4.98 Å². The Labute approximate surface area is 125 Å². The molecule has 0 fully saturated rings. The lowest BCUT2D eigenvalue weighted by Gasteiger charge is -2.15. The summed E-state index contributed by atoms with van der Waals surface area (Å²) in [6.45, 7) is 2.52. The second-order valence-corrected chi connectivity index (χ2v) is 4.96. The maximum absolute atomic E-state index is 6.05. The van der Waals surface area contributed by atoms with Gasteiger partial charge in [0.05, 0.1) is 12.8 Å². The largest absolute Gasteiger partial charge is 0.497 e. The molecule has 0 spiro atoms. The van der Waals surface area contributed by atoms with E-state index in [1.54, 1.807) is 13.3 Å². The average molecular weight is 286 g/mol. The van der Waals surface area contributed by atoms with Gasteiger partial charge in [0.25, 0.3) is 0 Å². The van der Waals surface area contributed by atoms with Crippen molar-refractivity contribution in [1.82, 2.24) is 4.98 Å². The van der Waals surface area contributed by atoms with Crippen LogP contribution in [0.3, 0.4) is 0 Å². The summed E-state index contributed by atoms with van der Waals surface area (Å²) in [6, 6.07) is 11.8. The quantitative estimate of drug-likeness (QED) is 0.850. The summed E-state index contributed by atoms with van der Waals surface area (Å²) >= 11 is 0. The first-order valence-electron chi connectivity index (χ1n) is 7.18. The lowest BCUT2D eigenvalue weighted by Crippen LogP contribution is -2.21. The van der Waals surface area contributed by atoms with Gasteiger partial charge in [-0.2, -0.15) is 0 Å². The fourth-order valence-electron chi connectivity index (χ4n) is 2.03. The lowest BCUT2D eigenvalue weighted by atomic mass is 10.0. The molecule has 2 N–H and O–H groups in total. The summed E-state index contributed by atoms with van der Waals surface area (Å²) in [5, 5.41) is 0. The number of rotatable bonds is 7. The molecule has 0 radical (unpaired) electrons. The lowest BCUT2D eigenvalue weighted by molar-refractivity contribution is 0.295. The number of pyridine rings is 1. The normalized spacial score (nSPS) is 12.0. The summed E-state index contributed by atoms with van der Waals surface area (Å²) in [7, 11) is 1.65. The summed E-state index contributed by atoms with van der Waals surface area (Å²) in [5.41, 5.74) is 8.05. The maximum Gasteiger partial charge on any atom is 0.130 e. The van der Waals surface area contributed by atoms with Crippen LogP contribution in [0.5, 0.6) is 11.5 Å². The minimum atomic E-state index is 0.135. The Balaban J connectivity index is 2.14. The Morgan fingerprint density at radius 1 is 1.24 bits per heavy atom. The van der Waals surface area contributed by atoms with Gasteiger partial charge < -0.3 is 15.2 Å². The molecule has 2 aromatic rings. The molecule has 2 rings (SSSR count). The Morgan fingerprint density at radius 3 is 2.76 bits per heavy atom. The van der Waals surface area contributed by atoms with Crippen molar-refractivity contribution < 1.29 is 9.47 Å². The molecular weight excluding hydrogens is 264 g/mol. The highest BCUT2D eigenvalue weighted by Gasteiger charge is 2.10. The Hall–Kier alpha value is -2.07. The fourth-order valence-corrected chi connectivity index (χ4v) is 2.03. The van der Waals surface area contributed by atoms with Gasteiger partial charge in [-0.15, -0.1) is 0 Å². The van der Waals surface area contributed by atoms with Crippen molar-refractivity contribution in [3.05, 3.63) is 53.9 Å². The average Bonchev–Trinajstić information content (AvgIpc) is 2.54. The van der Waals surface area contributed by atoms with Crippen LogP contribution >= 0.6 is 0 Å². The standard InChI is InChI=1S/C17H22N2O2/c1-3-14(18)10-13-7-8-16(20-2)11-17(13)21-12-15-6-4-5-9-19-15/h4-9,11,14H,3,10,12,18H2,1-2H3. The van der Waals surface area contributed by atoms with E-state index in [2.05, 4.69) is 11.9 Å². The minimum absolute atomic E-state index is 0.135. The van der Waals surface area contributed by atoms with Gasteiger partial charge in [0.1, 0.15) is 18.1 Å². The summed E-state index contributed by atoms with van der Waals surface area (Å²) in [4.78, 5) is 4.26. The van der Waals surface area contributed by atoms with E-state index in [4.69, 9.17) is 15.2 Å². The molecule has 0 aliphatic carbocycles. The molecule has 0 aliphatic heterocycles. The summed E-state index contributed by atoms with van der Waals surface area (Å²) in [6.07, 6.45) is 3.49. The number of nitrogens with two attached hydrogens (primary N) is 1. The predicted octanol–water partition coefficient (Wildman–Crippen LogP) is 2.95. The van der Waals surface area contributed by atoms with Crippen molar-refractivity contribution in [2.24, 2.45) is 5.73 Å². The van der Waals surface area contributed by atoms with Crippen LogP contribution in [0.1, 0.15) is 24.6 Å². The maximum atomic E-state index is 6.05. The second-order valence-electron chi connectivity index (χ2n) is 4.96. The number of ether oxygens (including phenoxy) is 2. The number of nitrogens with zero attached hydrogens (tertiary/aromatic N) is 1. The molecule has 1 atom stereocenters. The van der Waals surface area contributed by atoms with Gasteiger partial charge in [0.2, 0.25) is 0 Å². The van der Waals surface area contributed by atoms with Gasteiger partial charge in [0, 0.05) is 18.3 Å². The molecule has 0 bridgehead atoms. The van der Waals surface area contributed by atoms with Gasteiger partial charge in [-0.1, -0.05) is 19.1 Å². The number of benzene rings is 1. The van der Waals surface area contributed by atoms with Gasteiger partial charge in [0.15, 0.2) is 0 Å². The van der Waals surface area contributed by atoms with Gasteiger partial charge in [-0.05, 0) is 36.6 Å². The zero-order valence-electron chi connectivity index (χ0n) is 12.6. The first kappa shape index (κ1) is 15.3. The van der Waals surface area contributed by atoms with Crippen molar-refractivity contribution >= 4 is 0 Å². The molecule has 1 aromatic carbocycles. The molecule has 0 amide bonds. The highest BCUT2D eigenvalue weighted by atomic mass is 16.5. The van der Waals surface area contributed by atoms with E-state index in [9.17, 15) is 0 Å².